The third-order valence-corrected chi connectivity index (χ3v) is 7.99. The Morgan fingerprint density at radius 3 is 1.58 bits per heavy atom. The quantitative estimate of drug-likeness (QED) is 0.338. The van der Waals surface area contributed by atoms with Crippen LogP contribution in [0.3, 0.4) is 0 Å². The molecule has 0 aromatic heterocycles. The monoisotopic (exact) mass is 530 g/mol. The van der Waals surface area contributed by atoms with E-state index < -0.39 is 16.3 Å². The zero-order valence-corrected chi connectivity index (χ0v) is 19.9. The number of hydrogen-bond donors (Lipinski definition) is 0. The number of hydrogen-bond acceptors (Lipinski definition) is 0. The van der Waals surface area contributed by atoms with Crippen LogP contribution < -0.4 is 0 Å². The molecule has 0 radical (unpaired) electrons. The van der Waals surface area contributed by atoms with Crippen molar-refractivity contribution in [1.82, 2.24) is 0 Å². The van der Waals surface area contributed by atoms with Gasteiger partial charge in [-0.1, -0.05) is 142 Å². The summed E-state index contributed by atoms with van der Waals surface area (Å²) < 4.78 is -7.74. The van der Waals surface area contributed by atoms with E-state index in [0.29, 0.717) is 17.9 Å². The Balaban J connectivity index is 3.61. The van der Waals surface area contributed by atoms with Crippen LogP contribution in [0.5, 0.6) is 0 Å². The predicted molar refractivity (Wildman–Crippen MR) is 112 cm³/mol. The highest BCUT2D eigenvalue weighted by Gasteiger charge is 2.51. The smallest absolute Gasteiger partial charge is 0.0915 e. The molecule has 0 heterocycles. The van der Waals surface area contributed by atoms with Crippen LogP contribution in [0.2, 0.25) is 0 Å². The van der Waals surface area contributed by atoms with Crippen LogP contribution in [-0.4, -0.2) is 7.59 Å². The lowest BCUT2D eigenvalue weighted by Gasteiger charge is -2.33. The number of rotatable bonds is 4. The van der Waals surface area contributed by atoms with Gasteiger partial charge in [0.1, 0.15) is 0 Å². The van der Waals surface area contributed by atoms with Gasteiger partial charge < -0.3 is 0 Å². The average Bonchev–Trinajstić information content (AvgIpc) is 2.35. The fraction of sp³-hybridized carbons (Fsp3) is 0.571. The summed E-state index contributed by atoms with van der Waals surface area (Å²) in [5, 5.41) is 0. The first kappa shape index (κ1) is 24.2. The Labute approximate surface area is 191 Å². The van der Waals surface area contributed by atoms with Gasteiger partial charge in [-0.2, -0.15) is 0 Å². The van der Waals surface area contributed by atoms with E-state index in [1.165, 1.54) is 6.07 Å². The second kappa shape index (κ2) is 8.24. The minimum Gasteiger partial charge on any atom is -0.0915 e. The molecule has 0 spiro atoms. The van der Waals surface area contributed by atoms with Crippen LogP contribution in [0.4, 0.5) is 0 Å². The lowest BCUT2D eigenvalue weighted by Crippen LogP contribution is -2.32. The molecule has 0 bridgehead atoms. The molecule has 0 nitrogen and oxygen atoms in total. The van der Waals surface area contributed by atoms with Crippen LogP contribution in [0.1, 0.15) is 30.5 Å². The van der Waals surface area contributed by atoms with Gasteiger partial charge in [0.05, 0.1) is 0 Å². The molecule has 0 unspecified atom stereocenters. The van der Waals surface area contributed by atoms with Crippen molar-refractivity contribution < 1.29 is 0 Å². The largest absolute Gasteiger partial charge is 0.227 e. The van der Waals surface area contributed by atoms with E-state index in [2.05, 4.69) is 0 Å². The van der Waals surface area contributed by atoms with Crippen LogP contribution in [0, 0.1) is 5.92 Å². The normalized spacial score (nSPS) is 14.4. The van der Waals surface area contributed by atoms with Crippen LogP contribution in [-0.2, 0) is 15.1 Å². The SMILES string of the molecule is CC(C)Cc1ccc(C(Cl)(Cl)C(Cl)(Cl)Cl)cc1C(Cl)(Cl)C(Cl)(Cl)Cl. The summed E-state index contributed by atoms with van der Waals surface area (Å²) in [5.74, 6) is 0.291. The van der Waals surface area contributed by atoms with Crippen LogP contribution in [0.25, 0.3) is 0 Å². The fourth-order valence-electron chi connectivity index (χ4n) is 2.00. The molecule has 0 saturated heterocycles. The van der Waals surface area contributed by atoms with Crippen LogP contribution in [0.15, 0.2) is 18.2 Å². The maximum Gasteiger partial charge on any atom is 0.227 e. The minimum atomic E-state index is -2.01. The van der Waals surface area contributed by atoms with E-state index >= 15 is 0 Å². The van der Waals surface area contributed by atoms with Gasteiger partial charge in [0, 0.05) is 0 Å². The van der Waals surface area contributed by atoms with Crippen molar-refractivity contribution in [1.29, 1.82) is 0 Å². The van der Waals surface area contributed by atoms with Crippen molar-refractivity contribution >= 4 is 116 Å². The van der Waals surface area contributed by atoms with Crippen molar-refractivity contribution in [3.63, 3.8) is 0 Å². The van der Waals surface area contributed by atoms with Gasteiger partial charge in [-0.25, -0.2) is 0 Å². The summed E-state index contributed by atoms with van der Waals surface area (Å²) in [6.07, 6.45) is 0.628. The highest BCUT2D eigenvalue weighted by atomic mass is 35.6. The third-order valence-electron chi connectivity index (χ3n) is 3.15. The Hall–Kier alpha value is 2.12. The van der Waals surface area contributed by atoms with E-state index in [0.717, 1.165) is 5.56 Å². The molecular weight excluding hydrogens is 523 g/mol. The Morgan fingerprint density at radius 1 is 0.750 bits per heavy atom. The highest BCUT2D eigenvalue weighted by Crippen LogP contribution is 2.57. The summed E-state index contributed by atoms with van der Waals surface area (Å²) in [4.78, 5) is 0. The Morgan fingerprint density at radius 2 is 1.21 bits per heavy atom. The molecule has 0 atom stereocenters. The molecule has 138 valence electrons. The van der Waals surface area contributed by atoms with Crippen molar-refractivity contribution in [2.24, 2.45) is 5.92 Å². The molecule has 0 amide bonds. The van der Waals surface area contributed by atoms with Gasteiger partial charge in [0.25, 0.3) is 0 Å². The first-order valence-electron chi connectivity index (χ1n) is 6.54. The van der Waals surface area contributed by atoms with Crippen molar-refractivity contribution in [2.45, 2.75) is 36.5 Å². The Kier molecular flexibility index (Phi) is 8.29. The van der Waals surface area contributed by atoms with Crippen molar-refractivity contribution in [3.05, 3.63) is 34.9 Å². The molecule has 1 rings (SSSR count). The van der Waals surface area contributed by atoms with Crippen molar-refractivity contribution in [2.75, 3.05) is 0 Å². The average molecular weight is 535 g/mol. The molecule has 0 fully saturated rings. The topological polar surface area (TPSA) is 0 Å². The fourth-order valence-corrected chi connectivity index (χ4v) is 3.22. The second-order valence-corrected chi connectivity index (χ2v) is 12.8. The highest BCUT2D eigenvalue weighted by molar-refractivity contribution is 6.76. The van der Waals surface area contributed by atoms with E-state index in [4.69, 9.17) is 116 Å². The van der Waals surface area contributed by atoms with Crippen molar-refractivity contribution in [3.8, 4) is 0 Å². The van der Waals surface area contributed by atoms with Gasteiger partial charge in [0.15, 0.2) is 8.67 Å². The lowest BCUT2D eigenvalue weighted by atomic mass is 9.93. The molecule has 0 aliphatic heterocycles. The third kappa shape index (κ3) is 5.34. The Bertz CT molecular complexity index is 580. The summed E-state index contributed by atoms with van der Waals surface area (Å²) in [6, 6.07) is 4.82. The minimum absolute atomic E-state index is 0.258. The summed E-state index contributed by atoms with van der Waals surface area (Å²) in [6.45, 7) is 4.04. The van der Waals surface area contributed by atoms with Gasteiger partial charge >= 0.3 is 0 Å². The van der Waals surface area contributed by atoms with Gasteiger partial charge in [-0.15, -0.1) is 0 Å². The second-order valence-electron chi connectivity index (χ2n) is 5.61. The van der Waals surface area contributed by atoms with E-state index in [9.17, 15) is 0 Å². The first-order chi connectivity index (χ1) is 10.5. The lowest BCUT2D eigenvalue weighted by molar-refractivity contribution is 0.638. The predicted octanol–water partition coefficient (Wildman–Crippen LogP) is 8.89. The van der Waals surface area contributed by atoms with E-state index in [1.54, 1.807) is 12.1 Å². The summed E-state index contributed by atoms with van der Waals surface area (Å²) >= 11 is 60.6. The first-order valence-corrected chi connectivity index (χ1v) is 10.3. The summed E-state index contributed by atoms with van der Waals surface area (Å²) in [5.41, 5.74) is 1.35. The maximum absolute atomic E-state index is 6.35. The van der Waals surface area contributed by atoms with E-state index in [-0.39, 0.29) is 5.56 Å². The zero-order chi connectivity index (χ0) is 19.1. The van der Waals surface area contributed by atoms with Crippen LogP contribution >= 0.6 is 116 Å². The van der Waals surface area contributed by atoms with E-state index in [1.807, 2.05) is 13.8 Å². The molecule has 1 aromatic rings. The maximum atomic E-state index is 6.35. The number of halogens is 10. The van der Waals surface area contributed by atoms with Gasteiger partial charge in [0.2, 0.25) is 7.59 Å². The summed E-state index contributed by atoms with van der Waals surface area (Å²) in [7, 11) is 0. The van der Waals surface area contributed by atoms with Gasteiger partial charge in [-0.3, -0.25) is 0 Å². The molecule has 0 N–H and O–H groups in total. The number of alkyl halides is 10. The molecule has 0 saturated carbocycles. The molecule has 0 aliphatic carbocycles. The number of benzene rings is 1. The zero-order valence-electron chi connectivity index (χ0n) is 12.3. The molecular formula is C14H12Cl10. The molecule has 0 aliphatic rings. The van der Waals surface area contributed by atoms with Gasteiger partial charge in [-0.05, 0) is 35.1 Å². The standard InChI is InChI=1S/C14H12Cl10/c1-7(2)5-8-3-4-9(11(15,16)13(19,20)21)6-10(8)12(17,18)14(22,23)24/h3-4,6-7H,5H2,1-2H3. The molecule has 10 heteroatoms. The molecule has 1 aromatic carbocycles. The molecule has 24 heavy (non-hydrogen) atoms.